The number of hydrogen-bond acceptors (Lipinski definition) is 4. The number of amides is 1. The summed E-state index contributed by atoms with van der Waals surface area (Å²) in [7, 11) is -3.23. The Labute approximate surface area is 150 Å². The average Bonchev–Trinajstić information content (AvgIpc) is 2.53. The van der Waals surface area contributed by atoms with Crippen molar-refractivity contribution in [3.8, 4) is 0 Å². The molecule has 2 saturated heterocycles. The summed E-state index contributed by atoms with van der Waals surface area (Å²) in [5.74, 6) is 0.111. The van der Waals surface area contributed by atoms with E-state index in [4.69, 9.17) is 0 Å². The molecule has 1 aromatic rings. The second-order valence-electron chi connectivity index (χ2n) is 7.72. The third-order valence-corrected chi connectivity index (χ3v) is 6.47. The molecule has 2 aliphatic heterocycles. The molecular weight excluding hydrogens is 338 g/mol. The number of rotatable bonds is 3. The molecule has 6 nitrogen and oxygen atoms in total. The number of carbonyl (C=O) groups is 1. The molecule has 0 aromatic heterocycles. The lowest BCUT2D eigenvalue weighted by atomic mass is 9.94. The van der Waals surface area contributed by atoms with Gasteiger partial charge in [-0.25, -0.2) is 8.42 Å². The molecule has 138 valence electrons. The zero-order chi connectivity index (χ0) is 18.2. The smallest absolute Gasteiger partial charge is 0.227 e. The number of sulfonamides is 1. The molecule has 1 atom stereocenters. The van der Waals surface area contributed by atoms with Crippen LogP contribution in [-0.4, -0.2) is 79.0 Å². The number of nitrogens with zero attached hydrogens (tertiary/aromatic N) is 3. The molecule has 1 amide bonds. The minimum Gasteiger partial charge on any atom is -0.340 e. The minimum absolute atomic E-state index is 0.0481. The van der Waals surface area contributed by atoms with Crippen LogP contribution in [-0.2, 0) is 21.2 Å². The number of benzene rings is 1. The Bertz CT molecular complexity index is 733. The Hall–Kier alpha value is -1.44. The summed E-state index contributed by atoms with van der Waals surface area (Å²) in [5, 5.41) is 0. The summed E-state index contributed by atoms with van der Waals surface area (Å²) in [6.45, 7) is 7.19. The third kappa shape index (κ3) is 4.04. The van der Waals surface area contributed by atoms with Crippen LogP contribution in [0.3, 0.4) is 0 Å². The van der Waals surface area contributed by atoms with E-state index in [9.17, 15) is 13.2 Å². The highest BCUT2D eigenvalue weighted by atomic mass is 32.2. The Balaban J connectivity index is 1.71. The van der Waals surface area contributed by atoms with Crippen molar-refractivity contribution in [2.24, 2.45) is 0 Å². The SMILES string of the molecule is CC1(C)CN(S(C)(=O)=O)C[C@@H]2CN(C(=O)Cc3ccccc3)CCN21. The second kappa shape index (κ2) is 6.70. The molecule has 0 saturated carbocycles. The van der Waals surface area contributed by atoms with Crippen LogP contribution in [0.1, 0.15) is 19.4 Å². The van der Waals surface area contributed by atoms with Crippen LogP contribution in [0.5, 0.6) is 0 Å². The predicted molar refractivity (Wildman–Crippen MR) is 97.7 cm³/mol. The fourth-order valence-corrected chi connectivity index (χ4v) is 4.99. The van der Waals surface area contributed by atoms with Gasteiger partial charge in [0.05, 0.1) is 12.7 Å². The molecule has 1 aromatic carbocycles. The van der Waals surface area contributed by atoms with Crippen LogP contribution in [0.25, 0.3) is 0 Å². The molecule has 2 heterocycles. The molecule has 0 aliphatic carbocycles. The maximum absolute atomic E-state index is 12.7. The van der Waals surface area contributed by atoms with Crippen molar-refractivity contribution in [2.45, 2.75) is 31.8 Å². The van der Waals surface area contributed by atoms with E-state index >= 15 is 0 Å². The molecule has 0 bridgehead atoms. The van der Waals surface area contributed by atoms with Crippen LogP contribution in [0.2, 0.25) is 0 Å². The Morgan fingerprint density at radius 3 is 2.48 bits per heavy atom. The average molecular weight is 365 g/mol. The van der Waals surface area contributed by atoms with Gasteiger partial charge in [0.25, 0.3) is 0 Å². The quantitative estimate of drug-likeness (QED) is 0.795. The van der Waals surface area contributed by atoms with Gasteiger partial charge in [0.15, 0.2) is 0 Å². The van der Waals surface area contributed by atoms with Gasteiger partial charge >= 0.3 is 0 Å². The van der Waals surface area contributed by atoms with Gasteiger partial charge in [-0.05, 0) is 19.4 Å². The lowest BCUT2D eigenvalue weighted by Crippen LogP contribution is -2.70. The fraction of sp³-hybridized carbons (Fsp3) is 0.611. The minimum atomic E-state index is -3.23. The van der Waals surface area contributed by atoms with Crippen molar-refractivity contribution in [1.29, 1.82) is 0 Å². The molecule has 0 radical (unpaired) electrons. The van der Waals surface area contributed by atoms with Crippen LogP contribution in [0.4, 0.5) is 0 Å². The van der Waals surface area contributed by atoms with Crippen molar-refractivity contribution in [3.05, 3.63) is 35.9 Å². The van der Waals surface area contributed by atoms with Crippen molar-refractivity contribution in [3.63, 3.8) is 0 Å². The first-order valence-corrected chi connectivity index (χ1v) is 10.6. The highest BCUT2D eigenvalue weighted by Crippen LogP contribution is 2.29. The molecule has 3 rings (SSSR count). The summed E-state index contributed by atoms with van der Waals surface area (Å²) in [5.41, 5.74) is 0.789. The van der Waals surface area contributed by atoms with Crippen LogP contribution in [0.15, 0.2) is 30.3 Å². The van der Waals surface area contributed by atoms with Crippen LogP contribution in [0, 0.1) is 0 Å². The predicted octanol–water partition coefficient (Wildman–Crippen LogP) is 0.796. The van der Waals surface area contributed by atoms with E-state index in [2.05, 4.69) is 18.7 Å². The van der Waals surface area contributed by atoms with Crippen molar-refractivity contribution >= 4 is 15.9 Å². The number of piperazine rings is 2. The van der Waals surface area contributed by atoms with Crippen LogP contribution < -0.4 is 0 Å². The Morgan fingerprint density at radius 2 is 1.84 bits per heavy atom. The molecule has 7 heteroatoms. The van der Waals surface area contributed by atoms with E-state index in [0.717, 1.165) is 12.1 Å². The lowest BCUT2D eigenvalue weighted by molar-refractivity contribution is -0.136. The van der Waals surface area contributed by atoms with Gasteiger partial charge in [-0.3, -0.25) is 9.69 Å². The standard InChI is InChI=1S/C18H27N3O3S/c1-18(2)14-20(25(3,23)24)13-16-12-19(9-10-21(16)18)17(22)11-15-7-5-4-6-8-15/h4-8,16H,9-14H2,1-3H3/t16-/m0/s1. The lowest BCUT2D eigenvalue weighted by Gasteiger charge is -2.54. The highest BCUT2D eigenvalue weighted by Gasteiger charge is 2.45. The van der Waals surface area contributed by atoms with E-state index < -0.39 is 10.0 Å². The maximum Gasteiger partial charge on any atom is 0.227 e. The molecule has 2 fully saturated rings. The fourth-order valence-electron chi connectivity index (χ4n) is 3.99. The summed E-state index contributed by atoms with van der Waals surface area (Å²) >= 11 is 0. The van der Waals surface area contributed by atoms with Crippen molar-refractivity contribution < 1.29 is 13.2 Å². The van der Waals surface area contributed by atoms with Gasteiger partial charge in [-0.15, -0.1) is 0 Å². The van der Waals surface area contributed by atoms with E-state index in [1.807, 2.05) is 35.2 Å². The van der Waals surface area contributed by atoms with Crippen LogP contribution >= 0.6 is 0 Å². The van der Waals surface area contributed by atoms with Gasteiger partial charge in [0, 0.05) is 44.3 Å². The molecule has 0 N–H and O–H groups in total. The second-order valence-corrected chi connectivity index (χ2v) is 9.70. The highest BCUT2D eigenvalue weighted by molar-refractivity contribution is 7.88. The Kier molecular flexibility index (Phi) is 4.92. The van der Waals surface area contributed by atoms with Crippen molar-refractivity contribution in [1.82, 2.24) is 14.1 Å². The van der Waals surface area contributed by atoms with Gasteiger partial charge < -0.3 is 4.90 Å². The zero-order valence-electron chi connectivity index (χ0n) is 15.2. The van der Waals surface area contributed by atoms with E-state index in [-0.39, 0.29) is 17.5 Å². The Morgan fingerprint density at radius 1 is 1.16 bits per heavy atom. The number of carbonyl (C=O) groups excluding carboxylic acids is 1. The summed E-state index contributed by atoms with van der Waals surface area (Å²) < 4.78 is 25.6. The number of hydrogen-bond donors (Lipinski definition) is 0. The number of fused-ring (bicyclic) bond motifs is 1. The monoisotopic (exact) mass is 365 g/mol. The van der Waals surface area contributed by atoms with Crippen molar-refractivity contribution in [2.75, 3.05) is 39.0 Å². The molecule has 0 unspecified atom stereocenters. The summed E-state index contributed by atoms with van der Waals surface area (Å²) in [6.07, 6.45) is 1.66. The molecule has 25 heavy (non-hydrogen) atoms. The first-order valence-electron chi connectivity index (χ1n) is 8.70. The molecular formula is C18H27N3O3S. The van der Waals surface area contributed by atoms with E-state index in [0.29, 0.717) is 32.6 Å². The van der Waals surface area contributed by atoms with Gasteiger partial charge in [0.2, 0.25) is 15.9 Å². The summed E-state index contributed by atoms with van der Waals surface area (Å²) in [4.78, 5) is 16.9. The largest absolute Gasteiger partial charge is 0.340 e. The van der Waals surface area contributed by atoms with Gasteiger partial charge in [0.1, 0.15) is 0 Å². The molecule has 0 spiro atoms. The first kappa shape index (κ1) is 18.4. The zero-order valence-corrected chi connectivity index (χ0v) is 16.0. The van der Waals surface area contributed by atoms with Gasteiger partial charge in [-0.2, -0.15) is 4.31 Å². The summed E-state index contributed by atoms with van der Waals surface area (Å²) in [6, 6.07) is 9.79. The maximum atomic E-state index is 12.7. The third-order valence-electron chi connectivity index (χ3n) is 5.26. The normalized spacial score (nSPS) is 24.8. The van der Waals surface area contributed by atoms with E-state index in [1.165, 1.54) is 6.26 Å². The van der Waals surface area contributed by atoms with E-state index in [1.54, 1.807) is 4.31 Å². The first-order chi connectivity index (χ1) is 11.7. The topological polar surface area (TPSA) is 60.9 Å². The van der Waals surface area contributed by atoms with Gasteiger partial charge in [-0.1, -0.05) is 30.3 Å². The molecule has 2 aliphatic rings.